The molecule has 0 saturated carbocycles. The molecule has 1 aliphatic rings. The van der Waals surface area contributed by atoms with Gasteiger partial charge < -0.3 is 19.5 Å². The number of ether oxygens (including phenoxy) is 3. The maximum absolute atomic E-state index is 12.4. The van der Waals surface area contributed by atoms with E-state index in [1.54, 1.807) is 19.1 Å². The molecule has 2 atom stereocenters. The van der Waals surface area contributed by atoms with E-state index in [4.69, 9.17) is 25.8 Å². The topological polar surface area (TPSA) is 56.8 Å². The van der Waals surface area contributed by atoms with Crippen molar-refractivity contribution in [1.29, 1.82) is 0 Å². The number of halogens is 1. The first-order chi connectivity index (χ1) is 12.0. The van der Waals surface area contributed by atoms with Crippen molar-refractivity contribution in [3.63, 3.8) is 0 Å². The molecule has 0 bridgehead atoms. The summed E-state index contributed by atoms with van der Waals surface area (Å²) in [6, 6.07) is 12.5. The summed E-state index contributed by atoms with van der Waals surface area (Å²) in [4.78, 5) is 12.4. The molecular formula is C19H20ClNO4. The molecule has 0 unspecified atom stereocenters. The monoisotopic (exact) mass is 361 g/mol. The number of para-hydroxylation sites is 1. The minimum atomic E-state index is -0.667. The smallest absolute Gasteiger partial charge is 0.261 e. The Balaban J connectivity index is 1.63. The molecule has 0 radical (unpaired) electrons. The molecule has 1 amide bonds. The highest BCUT2D eigenvalue weighted by molar-refractivity contribution is 6.32. The average Bonchev–Trinajstić information content (AvgIpc) is 2.63. The van der Waals surface area contributed by atoms with Crippen molar-refractivity contribution in [2.75, 3.05) is 13.2 Å². The van der Waals surface area contributed by atoms with Gasteiger partial charge in [-0.3, -0.25) is 4.79 Å². The summed E-state index contributed by atoms with van der Waals surface area (Å²) in [5, 5.41) is 3.41. The third-order valence-electron chi connectivity index (χ3n) is 3.93. The minimum Gasteiger partial charge on any atom is -0.486 e. The highest BCUT2D eigenvalue weighted by Gasteiger charge is 2.20. The first-order valence-electron chi connectivity index (χ1n) is 8.15. The molecule has 1 aliphatic heterocycles. The van der Waals surface area contributed by atoms with Crippen LogP contribution in [0, 0.1) is 0 Å². The number of rotatable bonds is 5. The first kappa shape index (κ1) is 17.4. The molecular weight excluding hydrogens is 342 g/mol. The lowest BCUT2D eigenvalue weighted by Crippen LogP contribution is -2.37. The summed E-state index contributed by atoms with van der Waals surface area (Å²) in [6.07, 6.45) is -0.667. The van der Waals surface area contributed by atoms with Crippen LogP contribution in [0.25, 0.3) is 0 Å². The van der Waals surface area contributed by atoms with Crippen LogP contribution in [0.3, 0.4) is 0 Å². The van der Waals surface area contributed by atoms with Crippen molar-refractivity contribution >= 4 is 17.5 Å². The van der Waals surface area contributed by atoms with Gasteiger partial charge in [-0.25, -0.2) is 0 Å². The predicted octanol–water partition coefficient (Wildman–Crippen LogP) is 3.76. The number of carbonyl (C=O) groups is 1. The van der Waals surface area contributed by atoms with Gasteiger partial charge in [0.2, 0.25) is 0 Å². The molecule has 6 heteroatoms. The number of amides is 1. The van der Waals surface area contributed by atoms with Gasteiger partial charge in [0.15, 0.2) is 17.6 Å². The van der Waals surface area contributed by atoms with E-state index in [0.29, 0.717) is 29.7 Å². The van der Waals surface area contributed by atoms with Crippen molar-refractivity contribution in [2.24, 2.45) is 0 Å². The Bertz CT molecular complexity index is 765. The van der Waals surface area contributed by atoms with Gasteiger partial charge in [0, 0.05) is 0 Å². The van der Waals surface area contributed by atoms with Crippen molar-refractivity contribution in [3.8, 4) is 17.2 Å². The van der Waals surface area contributed by atoms with E-state index in [1.807, 2.05) is 37.3 Å². The third kappa shape index (κ3) is 4.17. The van der Waals surface area contributed by atoms with Gasteiger partial charge in [0.1, 0.15) is 19.0 Å². The summed E-state index contributed by atoms with van der Waals surface area (Å²) in [5.74, 6) is 1.69. The number of fused-ring (bicyclic) bond motifs is 1. The molecule has 2 aromatic rings. The largest absolute Gasteiger partial charge is 0.486 e. The van der Waals surface area contributed by atoms with Crippen LogP contribution in [0.4, 0.5) is 0 Å². The van der Waals surface area contributed by atoms with E-state index in [9.17, 15) is 4.79 Å². The van der Waals surface area contributed by atoms with Crippen molar-refractivity contribution in [1.82, 2.24) is 5.32 Å². The van der Waals surface area contributed by atoms with Crippen LogP contribution in [0.5, 0.6) is 17.2 Å². The van der Waals surface area contributed by atoms with Crippen LogP contribution in [-0.2, 0) is 4.79 Å². The maximum Gasteiger partial charge on any atom is 0.261 e. The Morgan fingerprint density at radius 3 is 2.60 bits per heavy atom. The molecule has 1 N–H and O–H groups in total. The van der Waals surface area contributed by atoms with Gasteiger partial charge in [-0.15, -0.1) is 0 Å². The summed E-state index contributed by atoms with van der Waals surface area (Å²) < 4.78 is 16.7. The molecule has 25 heavy (non-hydrogen) atoms. The normalized spacial score (nSPS) is 15.2. The lowest BCUT2D eigenvalue weighted by Gasteiger charge is -2.22. The Morgan fingerprint density at radius 2 is 1.84 bits per heavy atom. The van der Waals surface area contributed by atoms with Crippen LogP contribution in [0.15, 0.2) is 42.5 Å². The highest BCUT2D eigenvalue weighted by atomic mass is 35.5. The molecule has 1 heterocycles. The van der Waals surface area contributed by atoms with Crippen LogP contribution in [0.2, 0.25) is 5.02 Å². The van der Waals surface area contributed by atoms with Crippen LogP contribution in [0.1, 0.15) is 25.5 Å². The molecule has 3 rings (SSSR count). The van der Waals surface area contributed by atoms with Crippen LogP contribution < -0.4 is 19.5 Å². The SMILES string of the molecule is C[C@H](NC(=O)[C@@H](C)Oc1ccccc1Cl)c1ccc2c(c1)OCCO2. The lowest BCUT2D eigenvalue weighted by atomic mass is 10.1. The second-order valence-corrected chi connectivity index (χ2v) is 6.23. The van der Waals surface area contributed by atoms with E-state index in [2.05, 4.69) is 5.32 Å². The fourth-order valence-electron chi connectivity index (χ4n) is 2.53. The van der Waals surface area contributed by atoms with Gasteiger partial charge in [0.25, 0.3) is 5.91 Å². The predicted molar refractivity (Wildman–Crippen MR) is 95.5 cm³/mol. The van der Waals surface area contributed by atoms with Gasteiger partial charge in [-0.05, 0) is 43.7 Å². The van der Waals surface area contributed by atoms with Gasteiger partial charge in [0.05, 0.1) is 11.1 Å². The molecule has 0 saturated heterocycles. The molecule has 0 aliphatic carbocycles. The average molecular weight is 362 g/mol. The van der Waals surface area contributed by atoms with E-state index in [0.717, 1.165) is 11.3 Å². The summed E-state index contributed by atoms with van der Waals surface area (Å²) in [5.41, 5.74) is 0.933. The molecule has 132 valence electrons. The standard InChI is InChI=1S/C19H20ClNO4/c1-12(14-7-8-17-18(11-14)24-10-9-23-17)21-19(22)13(2)25-16-6-4-3-5-15(16)20/h3-8,11-13H,9-10H2,1-2H3,(H,21,22)/t12-,13+/m0/s1. The van der Waals surface area contributed by atoms with E-state index in [1.165, 1.54) is 0 Å². The van der Waals surface area contributed by atoms with Gasteiger partial charge in [-0.1, -0.05) is 29.8 Å². The second kappa shape index (κ2) is 7.66. The minimum absolute atomic E-state index is 0.194. The fourth-order valence-corrected chi connectivity index (χ4v) is 2.71. The number of benzene rings is 2. The summed E-state index contributed by atoms with van der Waals surface area (Å²) >= 11 is 6.06. The Hall–Kier alpha value is -2.40. The van der Waals surface area contributed by atoms with E-state index in [-0.39, 0.29) is 11.9 Å². The van der Waals surface area contributed by atoms with Crippen LogP contribution >= 0.6 is 11.6 Å². The molecule has 2 aromatic carbocycles. The molecule has 0 aromatic heterocycles. The molecule has 0 spiro atoms. The number of nitrogens with one attached hydrogen (secondary N) is 1. The van der Waals surface area contributed by atoms with E-state index >= 15 is 0 Å². The van der Waals surface area contributed by atoms with Crippen molar-refractivity contribution < 1.29 is 19.0 Å². The fraction of sp³-hybridized carbons (Fsp3) is 0.316. The zero-order chi connectivity index (χ0) is 17.8. The highest BCUT2D eigenvalue weighted by Crippen LogP contribution is 2.32. The van der Waals surface area contributed by atoms with E-state index < -0.39 is 6.10 Å². The quantitative estimate of drug-likeness (QED) is 0.881. The van der Waals surface area contributed by atoms with Gasteiger partial charge in [-0.2, -0.15) is 0 Å². The summed E-state index contributed by atoms with van der Waals surface area (Å²) in [7, 11) is 0. The Morgan fingerprint density at radius 1 is 1.12 bits per heavy atom. The first-order valence-corrected chi connectivity index (χ1v) is 8.53. The number of carbonyl (C=O) groups excluding carboxylic acids is 1. The number of hydrogen-bond donors (Lipinski definition) is 1. The van der Waals surface area contributed by atoms with Crippen molar-refractivity contribution in [2.45, 2.75) is 26.0 Å². The Labute approximate surface area is 151 Å². The zero-order valence-corrected chi connectivity index (χ0v) is 14.9. The van der Waals surface area contributed by atoms with Gasteiger partial charge >= 0.3 is 0 Å². The second-order valence-electron chi connectivity index (χ2n) is 5.82. The maximum atomic E-state index is 12.4. The Kier molecular flexibility index (Phi) is 5.34. The van der Waals surface area contributed by atoms with Crippen molar-refractivity contribution in [3.05, 3.63) is 53.1 Å². The molecule has 0 fully saturated rings. The third-order valence-corrected chi connectivity index (χ3v) is 4.25. The summed E-state index contributed by atoms with van der Waals surface area (Å²) in [6.45, 7) is 4.68. The molecule has 5 nitrogen and oxygen atoms in total. The lowest BCUT2D eigenvalue weighted by molar-refractivity contribution is -0.127. The zero-order valence-electron chi connectivity index (χ0n) is 14.1. The number of hydrogen-bond acceptors (Lipinski definition) is 4. The van der Waals surface area contributed by atoms with Crippen LogP contribution in [-0.4, -0.2) is 25.2 Å².